The second-order valence-corrected chi connectivity index (χ2v) is 11.3. The van der Waals surface area contributed by atoms with Crippen LogP contribution >= 0.6 is 22.6 Å². The van der Waals surface area contributed by atoms with E-state index in [0.29, 0.717) is 24.3 Å². The summed E-state index contributed by atoms with van der Waals surface area (Å²) in [6.07, 6.45) is 4.32. The van der Waals surface area contributed by atoms with Gasteiger partial charge in [-0.2, -0.15) is 0 Å². The highest BCUT2D eigenvalue weighted by molar-refractivity contribution is 14.1. The van der Waals surface area contributed by atoms with Crippen LogP contribution < -0.4 is 14.8 Å². The molecule has 1 N–H and O–H groups in total. The van der Waals surface area contributed by atoms with Crippen LogP contribution in [0.1, 0.15) is 62.5 Å². The monoisotopic (exact) mass is 640 g/mol. The molecule has 0 spiro atoms. The lowest BCUT2D eigenvalue weighted by Gasteiger charge is -2.43. The van der Waals surface area contributed by atoms with E-state index in [2.05, 4.69) is 39.7 Å². The van der Waals surface area contributed by atoms with Gasteiger partial charge in [0.15, 0.2) is 29.7 Å². The lowest BCUT2D eigenvalue weighted by Crippen LogP contribution is -2.39. The Balaban J connectivity index is 1.50. The highest BCUT2D eigenvalue weighted by Crippen LogP contribution is 2.50. The summed E-state index contributed by atoms with van der Waals surface area (Å²) in [4.78, 5) is 41.6. The fourth-order valence-corrected chi connectivity index (χ4v) is 6.80. The maximum atomic E-state index is 13.4. The summed E-state index contributed by atoms with van der Waals surface area (Å²) in [6.45, 7) is 4.57. The number of aryl methyl sites for hydroxylation is 1. The Morgan fingerprint density at radius 2 is 1.67 bits per heavy atom. The molecule has 0 aromatic heterocycles. The first-order valence-electron chi connectivity index (χ1n) is 13.5. The number of rotatable bonds is 7. The zero-order valence-electron chi connectivity index (χ0n) is 22.6. The van der Waals surface area contributed by atoms with Crippen LogP contribution in [0.25, 0.3) is 0 Å². The zero-order chi connectivity index (χ0) is 27.7. The van der Waals surface area contributed by atoms with Crippen LogP contribution in [0.5, 0.6) is 11.5 Å². The van der Waals surface area contributed by atoms with Crippen molar-refractivity contribution in [3.63, 3.8) is 0 Å². The van der Waals surface area contributed by atoms with Gasteiger partial charge in [-0.15, -0.1) is 0 Å². The van der Waals surface area contributed by atoms with Crippen molar-refractivity contribution < 1.29 is 23.9 Å². The molecule has 2 aromatic carbocycles. The number of carbonyl (C=O) groups excluding carboxylic acids is 3. The number of hydrogen-bond acceptors (Lipinski definition) is 6. The zero-order valence-corrected chi connectivity index (χ0v) is 24.7. The molecule has 0 unspecified atom stereocenters. The number of nitrogens with zero attached hydrogens (tertiary/aromatic N) is 1. The number of anilines is 1. The SMILES string of the molecule is CCN1C2=C(C(=O)CCC2)C(c2cc(I)c(OCC(=O)Nc3ccccc3C)c(OC)c2)C2=C1CCCC2=O. The minimum atomic E-state index is -0.417. The minimum absolute atomic E-state index is 0.117. The summed E-state index contributed by atoms with van der Waals surface area (Å²) in [5.41, 5.74) is 6.18. The number of ether oxygens (including phenoxy) is 2. The van der Waals surface area contributed by atoms with Gasteiger partial charge in [0, 0.05) is 53.5 Å². The standard InChI is InChI=1S/C31H33IN2O5/c1-4-34-22-11-7-13-24(35)29(22)28(30-23(34)12-8-14-25(30)36)19-15-20(32)31(26(16-19)38-3)39-17-27(37)33-21-10-6-5-9-18(21)2/h5-6,9-10,15-16,28H,4,7-8,11-14,17H2,1-3H3,(H,33,37). The molecule has 3 aliphatic rings. The average Bonchev–Trinajstić information content (AvgIpc) is 2.92. The van der Waals surface area contributed by atoms with Gasteiger partial charge in [0.25, 0.3) is 5.91 Å². The maximum Gasteiger partial charge on any atom is 0.262 e. The first-order chi connectivity index (χ1) is 18.8. The van der Waals surface area contributed by atoms with Crippen molar-refractivity contribution in [3.8, 4) is 11.5 Å². The predicted octanol–water partition coefficient (Wildman–Crippen LogP) is 6.06. The van der Waals surface area contributed by atoms with E-state index < -0.39 is 5.92 Å². The molecule has 0 radical (unpaired) electrons. The molecule has 1 aliphatic heterocycles. The Morgan fingerprint density at radius 3 is 2.26 bits per heavy atom. The second-order valence-electron chi connectivity index (χ2n) is 10.1. The quantitative estimate of drug-likeness (QED) is 0.371. The highest BCUT2D eigenvalue weighted by Gasteiger charge is 2.43. The van der Waals surface area contributed by atoms with Crippen molar-refractivity contribution in [1.82, 2.24) is 4.90 Å². The van der Waals surface area contributed by atoms with Crippen LogP contribution in [-0.4, -0.2) is 42.6 Å². The van der Waals surface area contributed by atoms with Crippen molar-refractivity contribution in [2.24, 2.45) is 0 Å². The molecular formula is C31H33IN2O5. The number of halogens is 1. The molecule has 1 amide bonds. The molecule has 5 rings (SSSR count). The van der Waals surface area contributed by atoms with Gasteiger partial charge in [-0.25, -0.2) is 0 Å². The normalized spacial score (nSPS) is 17.7. The number of hydrogen-bond donors (Lipinski definition) is 1. The maximum absolute atomic E-state index is 13.4. The van der Waals surface area contributed by atoms with E-state index in [1.807, 2.05) is 43.3 Å². The van der Waals surface area contributed by atoms with Gasteiger partial charge in [-0.3, -0.25) is 14.4 Å². The fraction of sp³-hybridized carbons (Fsp3) is 0.387. The Bertz CT molecular complexity index is 1370. The Labute approximate surface area is 242 Å². The van der Waals surface area contributed by atoms with E-state index in [1.54, 1.807) is 7.11 Å². The molecule has 0 bridgehead atoms. The van der Waals surface area contributed by atoms with Crippen LogP contribution in [0.4, 0.5) is 5.69 Å². The van der Waals surface area contributed by atoms with E-state index >= 15 is 0 Å². The third-order valence-corrected chi connectivity index (χ3v) is 8.56. The third-order valence-electron chi connectivity index (χ3n) is 7.75. The van der Waals surface area contributed by atoms with Crippen molar-refractivity contribution in [3.05, 3.63) is 73.6 Å². The third kappa shape index (κ3) is 5.23. The van der Waals surface area contributed by atoms with Gasteiger partial charge in [-0.1, -0.05) is 18.2 Å². The largest absolute Gasteiger partial charge is 0.493 e. The fourth-order valence-electron chi connectivity index (χ4n) is 6.02. The molecule has 0 saturated heterocycles. The Hall–Kier alpha value is -3.14. The van der Waals surface area contributed by atoms with Crippen molar-refractivity contribution in [2.45, 2.75) is 58.3 Å². The second kappa shape index (κ2) is 11.5. The topological polar surface area (TPSA) is 84.9 Å². The molecule has 1 heterocycles. The molecule has 2 aliphatic carbocycles. The van der Waals surface area contributed by atoms with Crippen LogP contribution in [0.3, 0.4) is 0 Å². The number of ketones is 2. The molecule has 7 nitrogen and oxygen atoms in total. The first-order valence-corrected chi connectivity index (χ1v) is 14.6. The van der Waals surface area contributed by atoms with Gasteiger partial charge in [0.1, 0.15) is 0 Å². The number of carbonyl (C=O) groups is 3. The van der Waals surface area contributed by atoms with Crippen molar-refractivity contribution in [2.75, 3.05) is 25.6 Å². The molecule has 204 valence electrons. The van der Waals surface area contributed by atoms with E-state index in [4.69, 9.17) is 9.47 Å². The number of methoxy groups -OCH3 is 1. The Kier molecular flexibility index (Phi) is 8.11. The number of allylic oxidation sites excluding steroid dienone is 4. The summed E-state index contributed by atoms with van der Waals surface area (Å²) in [7, 11) is 1.56. The van der Waals surface area contributed by atoms with Gasteiger partial charge in [0.2, 0.25) is 0 Å². The van der Waals surface area contributed by atoms with Crippen LogP contribution in [-0.2, 0) is 14.4 Å². The van der Waals surface area contributed by atoms with E-state index in [0.717, 1.165) is 75.2 Å². The van der Waals surface area contributed by atoms with Crippen LogP contribution in [0, 0.1) is 10.5 Å². The van der Waals surface area contributed by atoms with E-state index in [-0.39, 0.29) is 24.1 Å². The molecule has 8 heteroatoms. The summed E-state index contributed by atoms with van der Waals surface area (Å²) in [5, 5.41) is 2.88. The van der Waals surface area contributed by atoms with Crippen molar-refractivity contribution in [1.29, 1.82) is 0 Å². The molecular weight excluding hydrogens is 607 g/mol. The average molecular weight is 641 g/mol. The Morgan fingerprint density at radius 1 is 1.03 bits per heavy atom. The summed E-state index contributed by atoms with van der Waals surface area (Å²) < 4.78 is 12.4. The molecule has 0 fully saturated rings. The van der Waals surface area contributed by atoms with Crippen LogP contribution in [0.2, 0.25) is 0 Å². The number of Topliss-reactive ketones (excluding diaryl/α,β-unsaturated/α-hetero) is 2. The minimum Gasteiger partial charge on any atom is -0.493 e. The molecule has 0 saturated carbocycles. The van der Waals surface area contributed by atoms with Gasteiger partial charge in [-0.05, 0) is 91.4 Å². The van der Waals surface area contributed by atoms with Gasteiger partial charge >= 0.3 is 0 Å². The predicted molar refractivity (Wildman–Crippen MR) is 158 cm³/mol. The van der Waals surface area contributed by atoms with Crippen LogP contribution in [0.15, 0.2) is 58.9 Å². The molecule has 0 atom stereocenters. The number of para-hydroxylation sites is 1. The lowest BCUT2D eigenvalue weighted by molar-refractivity contribution is -0.118. The molecule has 39 heavy (non-hydrogen) atoms. The van der Waals surface area contributed by atoms with E-state index in [1.165, 1.54) is 0 Å². The lowest BCUT2D eigenvalue weighted by atomic mass is 9.71. The van der Waals surface area contributed by atoms with Crippen molar-refractivity contribution >= 4 is 45.8 Å². The number of benzene rings is 2. The first kappa shape index (κ1) is 27.4. The number of amides is 1. The highest BCUT2D eigenvalue weighted by atomic mass is 127. The summed E-state index contributed by atoms with van der Waals surface area (Å²) in [5.74, 6) is 0.469. The smallest absolute Gasteiger partial charge is 0.262 e. The molecule has 2 aromatic rings. The summed E-state index contributed by atoms with van der Waals surface area (Å²) >= 11 is 2.18. The van der Waals surface area contributed by atoms with Gasteiger partial charge < -0.3 is 19.7 Å². The van der Waals surface area contributed by atoms with E-state index in [9.17, 15) is 14.4 Å². The summed E-state index contributed by atoms with van der Waals surface area (Å²) in [6, 6.07) is 11.4. The van der Waals surface area contributed by atoms with Gasteiger partial charge in [0.05, 0.1) is 10.7 Å². The number of nitrogens with one attached hydrogen (secondary N) is 1.